The van der Waals surface area contributed by atoms with Gasteiger partial charge < -0.3 is 34.3 Å². The van der Waals surface area contributed by atoms with Gasteiger partial charge in [-0.05, 0) is 97.5 Å². The molecule has 0 bridgehead atoms. The molecule has 3 fully saturated rings. The zero-order valence-electron chi connectivity index (χ0n) is 37.2. The van der Waals surface area contributed by atoms with E-state index in [1.54, 1.807) is 23.2 Å². The summed E-state index contributed by atoms with van der Waals surface area (Å²) in [5.74, 6) is -3.40. The van der Waals surface area contributed by atoms with E-state index in [4.69, 9.17) is 25.8 Å². The van der Waals surface area contributed by atoms with Gasteiger partial charge in [0.15, 0.2) is 5.82 Å². The SMILES string of the molecule is O=C(NS(=O)(=O)c1cc(F)c(NCC2COCCO2)c([N+](=O)[O-])c1)c1c(F)cc(N2CCN(CC3=C(c4ccc(Cl)cc4)CC4(CCC4)CC3)CC2)cc1N1CCCOc2nc3[nH]ccc3cc21. The molecule has 5 heterocycles. The number of benzene rings is 3. The van der Waals surface area contributed by atoms with Gasteiger partial charge in [0.1, 0.15) is 22.8 Å². The van der Waals surface area contributed by atoms with Gasteiger partial charge in [-0.1, -0.05) is 35.7 Å². The number of carbonyl (C=O) groups excluding carboxylic acids is 1. The lowest BCUT2D eigenvalue weighted by atomic mass is 9.59. The molecule has 1 unspecified atom stereocenters. The van der Waals surface area contributed by atoms with Crippen LogP contribution in [-0.2, 0) is 19.5 Å². The van der Waals surface area contributed by atoms with Crippen LogP contribution in [0.1, 0.15) is 60.9 Å². The van der Waals surface area contributed by atoms with Crippen molar-refractivity contribution in [3.8, 4) is 5.88 Å². The van der Waals surface area contributed by atoms with E-state index >= 15 is 8.78 Å². The number of ether oxygens (including phenoxy) is 3. The number of nitrogens with one attached hydrogen (secondary N) is 3. The summed E-state index contributed by atoms with van der Waals surface area (Å²) in [7, 11) is -5.04. The van der Waals surface area contributed by atoms with Crippen LogP contribution in [0.3, 0.4) is 0 Å². The van der Waals surface area contributed by atoms with Crippen molar-refractivity contribution < 1.29 is 41.1 Å². The van der Waals surface area contributed by atoms with Crippen molar-refractivity contribution in [2.45, 2.75) is 55.9 Å². The maximum Gasteiger partial charge on any atom is 0.296 e. The van der Waals surface area contributed by atoms with E-state index in [-0.39, 0.29) is 44.5 Å². The van der Waals surface area contributed by atoms with Crippen LogP contribution >= 0.6 is 11.6 Å². The van der Waals surface area contributed by atoms with Crippen LogP contribution in [0.2, 0.25) is 5.02 Å². The lowest BCUT2D eigenvalue weighted by Gasteiger charge is -2.47. The molecule has 2 aromatic heterocycles. The number of sulfonamides is 1. The Morgan fingerprint density at radius 1 is 0.956 bits per heavy atom. The molecule has 20 heteroatoms. The van der Waals surface area contributed by atoms with Gasteiger partial charge in [-0.3, -0.25) is 19.8 Å². The van der Waals surface area contributed by atoms with Gasteiger partial charge in [0.05, 0.1) is 53.6 Å². The number of rotatable bonds is 12. The number of allylic oxidation sites excluding steroid dienone is 1. The number of carbonyl (C=O) groups is 1. The van der Waals surface area contributed by atoms with Crippen molar-refractivity contribution in [2.75, 3.05) is 87.4 Å². The molecule has 3 aliphatic heterocycles. The molecule has 68 heavy (non-hydrogen) atoms. The molecule has 0 radical (unpaired) electrons. The van der Waals surface area contributed by atoms with Crippen LogP contribution in [0.5, 0.6) is 5.88 Å². The number of nitro groups is 1. The number of anilines is 4. The molecule has 1 amide bonds. The Morgan fingerprint density at radius 3 is 2.50 bits per heavy atom. The Morgan fingerprint density at radius 2 is 1.76 bits per heavy atom. The lowest BCUT2D eigenvalue weighted by molar-refractivity contribution is -0.384. The van der Waals surface area contributed by atoms with E-state index in [0.29, 0.717) is 78.8 Å². The first-order chi connectivity index (χ1) is 32.8. The molecule has 3 N–H and O–H groups in total. The monoisotopic (exact) mass is 972 g/mol. The number of fused-ring (bicyclic) bond motifs is 2. The van der Waals surface area contributed by atoms with Gasteiger partial charge in [-0.2, -0.15) is 4.98 Å². The minimum Gasteiger partial charge on any atom is -0.476 e. The highest BCUT2D eigenvalue weighted by Crippen LogP contribution is 2.55. The van der Waals surface area contributed by atoms with E-state index < -0.39 is 60.4 Å². The van der Waals surface area contributed by atoms with E-state index in [1.807, 2.05) is 27.8 Å². The summed E-state index contributed by atoms with van der Waals surface area (Å²) >= 11 is 6.29. The Kier molecular flexibility index (Phi) is 12.8. The summed E-state index contributed by atoms with van der Waals surface area (Å²) in [6, 6.07) is 15.9. The topological polar surface area (TPSA) is 185 Å². The minimum absolute atomic E-state index is 0.0501. The van der Waals surface area contributed by atoms with Crippen LogP contribution in [-0.4, -0.2) is 112 Å². The predicted molar refractivity (Wildman–Crippen MR) is 254 cm³/mol. The second kappa shape index (κ2) is 18.9. The fraction of sp³-hybridized carbons (Fsp3) is 0.417. The highest BCUT2D eigenvalue weighted by atomic mass is 35.5. The Hall–Kier alpha value is -5.86. The number of H-pyrrole nitrogens is 1. The van der Waals surface area contributed by atoms with Crippen molar-refractivity contribution in [2.24, 2.45) is 5.41 Å². The summed E-state index contributed by atoms with van der Waals surface area (Å²) in [6.45, 7) is 4.57. The van der Waals surface area contributed by atoms with Gasteiger partial charge in [-0.25, -0.2) is 21.9 Å². The van der Waals surface area contributed by atoms with Crippen molar-refractivity contribution in [3.63, 3.8) is 0 Å². The van der Waals surface area contributed by atoms with Crippen molar-refractivity contribution in [1.29, 1.82) is 0 Å². The van der Waals surface area contributed by atoms with E-state index in [2.05, 4.69) is 32.3 Å². The molecule has 10 rings (SSSR count). The second-order valence-electron chi connectivity index (χ2n) is 18.2. The summed E-state index contributed by atoms with van der Waals surface area (Å²) in [5, 5.41) is 16.2. The van der Waals surface area contributed by atoms with E-state index in [9.17, 15) is 23.3 Å². The maximum atomic E-state index is 17.0. The third-order valence-corrected chi connectivity index (χ3v) is 15.5. The number of amides is 1. The molecule has 1 saturated carbocycles. The van der Waals surface area contributed by atoms with E-state index in [0.717, 1.165) is 24.8 Å². The molecule has 16 nitrogen and oxygen atoms in total. The first-order valence-corrected chi connectivity index (χ1v) is 24.8. The minimum atomic E-state index is -5.04. The molecule has 2 aliphatic carbocycles. The quantitative estimate of drug-likeness (QED) is 0.0804. The summed E-state index contributed by atoms with van der Waals surface area (Å²) in [4.78, 5) is 38.6. The smallest absolute Gasteiger partial charge is 0.296 e. The zero-order valence-corrected chi connectivity index (χ0v) is 38.8. The fourth-order valence-corrected chi connectivity index (χ4v) is 11.3. The third kappa shape index (κ3) is 9.33. The predicted octanol–water partition coefficient (Wildman–Crippen LogP) is 8.20. The van der Waals surface area contributed by atoms with Gasteiger partial charge in [0.25, 0.3) is 21.6 Å². The Bertz CT molecular complexity index is 2900. The van der Waals surface area contributed by atoms with Crippen molar-refractivity contribution >= 4 is 72.6 Å². The average Bonchev–Trinajstić information content (AvgIpc) is 3.68. The first-order valence-electron chi connectivity index (χ1n) is 23.0. The van der Waals surface area contributed by atoms with Crippen LogP contribution in [0.15, 0.2) is 77.3 Å². The highest BCUT2D eigenvalue weighted by Gasteiger charge is 2.41. The fourth-order valence-electron chi connectivity index (χ4n) is 10.2. The number of nitro benzene ring substituents is 1. The first kappa shape index (κ1) is 45.9. The Labute approximate surface area is 396 Å². The molecule has 1 spiro atoms. The van der Waals surface area contributed by atoms with Gasteiger partial charge in [-0.15, -0.1) is 0 Å². The molecule has 1 atom stereocenters. The molecule has 358 valence electrons. The normalized spacial score (nSPS) is 19.8. The Balaban J connectivity index is 0.943. The largest absolute Gasteiger partial charge is 0.476 e. The van der Waals surface area contributed by atoms with Gasteiger partial charge in [0, 0.05) is 74.2 Å². The zero-order chi connectivity index (χ0) is 47.2. The summed E-state index contributed by atoms with van der Waals surface area (Å²) < 4.78 is 79.3. The lowest BCUT2D eigenvalue weighted by Crippen LogP contribution is -2.47. The van der Waals surface area contributed by atoms with E-state index in [1.165, 1.54) is 48.5 Å². The molecule has 5 aromatic rings. The molecule has 5 aliphatic rings. The third-order valence-electron chi connectivity index (χ3n) is 14.0. The number of hydrogen-bond donors (Lipinski definition) is 3. The average molecular weight is 973 g/mol. The number of aromatic nitrogens is 2. The van der Waals surface area contributed by atoms with Crippen molar-refractivity contribution in [1.82, 2.24) is 19.6 Å². The maximum absolute atomic E-state index is 17.0. The molecule has 3 aromatic carbocycles. The van der Waals surface area contributed by atoms with Crippen molar-refractivity contribution in [3.05, 3.63) is 110 Å². The number of pyridine rings is 1. The van der Waals surface area contributed by atoms with Crippen LogP contribution in [0.4, 0.5) is 37.2 Å². The number of piperazine rings is 1. The van der Waals surface area contributed by atoms with Crippen LogP contribution in [0, 0.1) is 27.2 Å². The van der Waals surface area contributed by atoms with Gasteiger partial charge in [0.2, 0.25) is 5.88 Å². The van der Waals surface area contributed by atoms with Crippen LogP contribution < -0.4 is 24.6 Å². The highest BCUT2D eigenvalue weighted by molar-refractivity contribution is 7.90. The summed E-state index contributed by atoms with van der Waals surface area (Å²) in [6.07, 6.45) is 8.72. The second-order valence-corrected chi connectivity index (χ2v) is 20.3. The number of aromatic amines is 1. The number of hydrogen-bond acceptors (Lipinski definition) is 13. The molecule has 2 saturated heterocycles. The standard InChI is InChI=1S/C48H51ClF2N8O8S/c49-33-5-3-30(4-6-33)37-26-48(9-1-10-48)11-7-32(37)28-56-14-16-57(17-15-56)34-22-38(50)43(40(23-34)58-13-2-18-67-47-42(58)21-31-8-12-52-45(31)54-47)46(60)55-68(63,64)36-24-39(51)44(41(25-36)59(61)62)53-27-35-29-65-19-20-66-35/h3-6,8,12,21-25,35,53H,1-2,7,9-11,13-20,26-29H2,(H,52,54)(H,55,60). The summed E-state index contributed by atoms with van der Waals surface area (Å²) in [5.41, 5.74) is 3.91. The van der Waals surface area contributed by atoms with Crippen LogP contribution in [0.25, 0.3) is 16.6 Å². The number of nitrogens with zero attached hydrogens (tertiary/aromatic N) is 5. The van der Waals surface area contributed by atoms with Gasteiger partial charge >= 0.3 is 0 Å². The number of halogens is 3. The molecular weight excluding hydrogens is 922 g/mol. The molecular formula is C48H51ClF2N8O8S.